The molecule has 0 amide bonds. The van der Waals surface area contributed by atoms with Crippen molar-refractivity contribution >= 4 is 11.6 Å². The molecule has 0 fully saturated rings. The van der Waals surface area contributed by atoms with Crippen LogP contribution in [0.2, 0.25) is 5.22 Å². The molecule has 0 aliphatic heterocycles. The average Bonchev–Trinajstić information content (AvgIpc) is 2.76. The van der Waals surface area contributed by atoms with Gasteiger partial charge in [0.2, 0.25) is 0 Å². The van der Waals surface area contributed by atoms with Gasteiger partial charge in [0.1, 0.15) is 23.4 Å². The summed E-state index contributed by atoms with van der Waals surface area (Å²) in [6.07, 6.45) is 0. The molecule has 0 saturated heterocycles. The summed E-state index contributed by atoms with van der Waals surface area (Å²) in [6.45, 7) is 1.54. The van der Waals surface area contributed by atoms with Crippen LogP contribution in [-0.2, 0) is 0 Å². The van der Waals surface area contributed by atoms with E-state index in [2.05, 4.69) is 5.43 Å². The van der Waals surface area contributed by atoms with Gasteiger partial charge in [-0.15, -0.1) is 0 Å². The zero-order valence-electron chi connectivity index (χ0n) is 9.51. The van der Waals surface area contributed by atoms with Crippen molar-refractivity contribution in [2.75, 3.05) is 0 Å². The first kappa shape index (κ1) is 13.0. The van der Waals surface area contributed by atoms with Gasteiger partial charge in [0, 0.05) is 5.56 Å². The number of benzene rings is 1. The Balaban J connectivity index is 2.55. The lowest BCUT2D eigenvalue weighted by Gasteiger charge is -2.16. The van der Waals surface area contributed by atoms with E-state index >= 15 is 0 Å². The minimum Gasteiger partial charge on any atom is -0.448 e. The lowest BCUT2D eigenvalue weighted by Crippen LogP contribution is -2.30. The monoisotopic (exact) mass is 272 g/mol. The lowest BCUT2D eigenvalue weighted by molar-refractivity contribution is 0.427. The fourth-order valence-corrected chi connectivity index (χ4v) is 1.89. The van der Waals surface area contributed by atoms with Gasteiger partial charge in [-0.3, -0.25) is 5.84 Å². The highest BCUT2D eigenvalue weighted by molar-refractivity contribution is 6.28. The summed E-state index contributed by atoms with van der Waals surface area (Å²) < 4.78 is 32.9. The third-order valence-electron chi connectivity index (χ3n) is 2.65. The molecular weight excluding hydrogens is 262 g/mol. The van der Waals surface area contributed by atoms with Crippen LogP contribution >= 0.6 is 11.6 Å². The van der Waals surface area contributed by atoms with E-state index in [9.17, 15) is 8.78 Å². The first-order chi connectivity index (χ1) is 8.54. The van der Waals surface area contributed by atoms with Gasteiger partial charge >= 0.3 is 0 Å². The Morgan fingerprint density at radius 1 is 1.28 bits per heavy atom. The topological polar surface area (TPSA) is 51.2 Å². The van der Waals surface area contributed by atoms with E-state index in [1.54, 1.807) is 6.92 Å². The highest BCUT2D eigenvalue weighted by Crippen LogP contribution is 2.30. The molecule has 0 radical (unpaired) electrons. The number of halogens is 3. The molecule has 0 aliphatic carbocycles. The molecule has 6 heteroatoms. The summed E-state index contributed by atoms with van der Waals surface area (Å²) >= 11 is 5.64. The smallest absolute Gasteiger partial charge is 0.193 e. The highest BCUT2D eigenvalue weighted by Gasteiger charge is 2.24. The van der Waals surface area contributed by atoms with E-state index in [1.165, 1.54) is 24.3 Å². The van der Waals surface area contributed by atoms with Gasteiger partial charge in [-0.1, -0.05) is 6.07 Å². The summed E-state index contributed by atoms with van der Waals surface area (Å²) in [7, 11) is 0. The Morgan fingerprint density at radius 2 is 2.00 bits per heavy atom. The van der Waals surface area contributed by atoms with Gasteiger partial charge in [-0.25, -0.2) is 14.2 Å². The summed E-state index contributed by atoms with van der Waals surface area (Å²) in [4.78, 5) is 0. The Hall–Kier alpha value is -1.43. The first-order valence-electron chi connectivity index (χ1n) is 5.20. The van der Waals surface area contributed by atoms with Crippen molar-refractivity contribution in [3.8, 4) is 0 Å². The molecule has 1 aromatic carbocycles. The molecule has 1 unspecified atom stereocenters. The molecule has 2 aromatic rings. The predicted octanol–water partition coefficient (Wildman–Crippen LogP) is 3.07. The molecule has 0 spiro atoms. The second-order valence-corrected chi connectivity index (χ2v) is 4.21. The lowest BCUT2D eigenvalue weighted by atomic mass is 10.0. The molecule has 3 nitrogen and oxygen atoms in total. The van der Waals surface area contributed by atoms with E-state index in [-0.39, 0.29) is 16.5 Å². The zero-order chi connectivity index (χ0) is 13.3. The largest absolute Gasteiger partial charge is 0.448 e. The maximum atomic E-state index is 14.0. The quantitative estimate of drug-likeness (QED) is 0.667. The number of nitrogens with one attached hydrogen (secondary N) is 1. The molecule has 96 valence electrons. The van der Waals surface area contributed by atoms with Crippen LogP contribution < -0.4 is 11.3 Å². The van der Waals surface area contributed by atoms with Gasteiger partial charge in [0.15, 0.2) is 5.22 Å². The molecule has 3 N–H and O–H groups in total. The number of furan rings is 1. The van der Waals surface area contributed by atoms with Crippen LogP contribution in [0.1, 0.15) is 22.9 Å². The van der Waals surface area contributed by atoms with Gasteiger partial charge in [-0.2, -0.15) is 0 Å². The van der Waals surface area contributed by atoms with Crippen LogP contribution in [0.5, 0.6) is 0 Å². The minimum atomic E-state index is -0.933. The van der Waals surface area contributed by atoms with E-state index in [0.717, 1.165) is 0 Å². The number of nitrogens with two attached hydrogens (primary N) is 1. The number of hydrazine groups is 1. The number of aryl methyl sites for hydroxylation is 1. The zero-order valence-corrected chi connectivity index (χ0v) is 10.3. The number of rotatable bonds is 3. The molecule has 0 saturated carbocycles. The predicted molar refractivity (Wildman–Crippen MR) is 64.0 cm³/mol. The van der Waals surface area contributed by atoms with Crippen molar-refractivity contribution in [2.24, 2.45) is 5.84 Å². The molecule has 2 rings (SSSR count). The fourth-order valence-electron chi connectivity index (χ4n) is 1.73. The first-order valence-corrected chi connectivity index (χ1v) is 5.58. The van der Waals surface area contributed by atoms with E-state index in [4.69, 9.17) is 21.9 Å². The van der Waals surface area contributed by atoms with Crippen LogP contribution in [0.15, 0.2) is 28.7 Å². The van der Waals surface area contributed by atoms with Crippen LogP contribution in [0, 0.1) is 18.6 Å². The van der Waals surface area contributed by atoms with Crippen molar-refractivity contribution in [2.45, 2.75) is 13.0 Å². The van der Waals surface area contributed by atoms with Gasteiger partial charge in [-0.05, 0) is 42.3 Å². The van der Waals surface area contributed by atoms with Crippen LogP contribution in [0.4, 0.5) is 8.78 Å². The molecule has 1 aromatic heterocycles. The van der Waals surface area contributed by atoms with Crippen molar-refractivity contribution < 1.29 is 13.2 Å². The minimum absolute atomic E-state index is 0.124. The van der Waals surface area contributed by atoms with Crippen LogP contribution in [-0.4, -0.2) is 0 Å². The van der Waals surface area contributed by atoms with Crippen molar-refractivity contribution in [3.05, 3.63) is 58.0 Å². The summed E-state index contributed by atoms with van der Waals surface area (Å²) in [5.74, 6) is 4.23. The van der Waals surface area contributed by atoms with Crippen LogP contribution in [0.3, 0.4) is 0 Å². The third kappa shape index (κ3) is 2.25. The maximum Gasteiger partial charge on any atom is 0.193 e. The highest BCUT2D eigenvalue weighted by atomic mass is 35.5. The van der Waals surface area contributed by atoms with E-state index < -0.39 is 17.7 Å². The normalized spacial score (nSPS) is 12.7. The van der Waals surface area contributed by atoms with Gasteiger partial charge in [0.25, 0.3) is 0 Å². The number of hydrogen-bond acceptors (Lipinski definition) is 3. The van der Waals surface area contributed by atoms with Crippen molar-refractivity contribution in [1.82, 2.24) is 5.43 Å². The SMILES string of the molecule is Cc1ccc(F)c(C(NN)c2ccc(Cl)o2)c1F. The summed E-state index contributed by atoms with van der Waals surface area (Å²) in [6, 6.07) is 4.60. The Labute approximate surface area is 108 Å². The molecule has 18 heavy (non-hydrogen) atoms. The van der Waals surface area contributed by atoms with Crippen molar-refractivity contribution in [1.29, 1.82) is 0 Å². The van der Waals surface area contributed by atoms with Gasteiger partial charge in [0.05, 0.1) is 0 Å². The molecule has 1 atom stereocenters. The molecule has 0 bridgehead atoms. The van der Waals surface area contributed by atoms with Crippen molar-refractivity contribution in [3.63, 3.8) is 0 Å². The van der Waals surface area contributed by atoms with E-state index in [1.807, 2.05) is 0 Å². The Kier molecular flexibility index (Phi) is 3.65. The van der Waals surface area contributed by atoms with E-state index in [0.29, 0.717) is 5.56 Å². The molecular formula is C12H11ClF2N2O. The third-order valence-corrected chi connectivity index (χ3v) is 2.86. The molecule has 0 aliphatic rings. The second-order valence-electron chi connectivity index (χ2n) is 3.83. The van der Waals surface area contributed by atoms with Gasteiger partial charge < -0.3 is 4.42 Å². The number of hydrogen-bond donors (Lipinski definition) is 2. The summed E-state index contributed by atoms with van der Waals surface area (Å²) in [5, 5.41) is 0.124. The Morgan fingerprint density at radius 3 is 2.56 bits per heavy atom. The summed E-state index contributed by atoms with van der Waals surface area (Å²) in [5.41, 5.74) is 2.46. The molecule has 1 heterocycles. The average molecular weight is 273 g/mol. The fraction of sp³-hybridized carbons (Fsp3) is 0.167. The maximum absolute atomic E-state index is 14.0. The Bertz CT molecular complexity index is 571. The standard InChI is InChI=1S/C12H11ClF2N2O/c1-6-2-3-7(14)10(11(6)15)12(17-16)8-4-5-9(13)18-8/h2-5,12,17H,16H2,1H3. The second kappa shape index (κ2) is 5.06. The van der Waals surface area contributed by atoms with Crippen LogP contribution in [0.25, 0.3) is 0 Å².